The molecular weight excluding hydrogens is 244 g/mol. The molecular formula is C14H22N2O3. The van der Waals surface area contributed by atoms with Gasteiger partial charge in [0.2, 0.25) is 5.91 Å². The number of rotatable bonds is 8. The van der Waals surface area contributed by atoms with Crippen molar-refractivity contribution in [1.82, 2.24) is 10.4 Å². The van der Waals surface area contributed by atoms with Gasteiger partial charge in [-0.15, -0.1) is 0 Å². The van der Waals surface area contributed by atoms with Crippen LogP contribution in [0.15, 0.2) is 24.3 Å². The zero-order chi connectivity index (χ0) is 14.1. The van der Waals surface area contributed by atoms with E-state index in [1.807, 2.05) is 31.2 Å². The van der Waals surface area contributed by atoms with Crippen LogP contribution in [-0.4, -0.2) is 38.2 Å². The molecule has 0 heterocycles. The van der Waals surface area contributed by atoms with E-state index in [0.717, 1.165) is 11.5 Å². The molecule has 19 heavy (non-hydrogen) atoms. The Morgan fingerprint density at radius 2 is 1.74 bits per heavy atom. The van der Waals surface area contributed by atoms with Gasteiger partial charge in [0.1, 0.15) is 11.5 Å². The molecule has 0 saturated heterocycles. The molecule has 0 aromatic heterocycles. The second kappa shape index (κ2) is 8.37. The van der Waals surface area contributed by atoms with Gasteiger partial charge >= 0.3 is 0 Å². The van der Waals surface area contributed by atoms with Gasteiger partial charge in [-0.05, 0) is 37.6 Å². The SMILES string of the molecule is CCOc1ccc(OCCCC(=O)NN(C)C)cc1. The third-order valence-corrected chi connectivity index (χ3v) is 2.30. The van der Waals surface area contributed by atoms with Crippen LogP contribution in [0.1, 0.15) is 19.8 Å². The fraction of sp³-hybridized carbons (Fsp3) is 0.500. The van der Waals surface area contributed by atoms with Crippen molar-refractivity contribution in [2.45, 2.75) is 19.8 Å². The van der Waals surface area contributed by atoms with Gasteiger partial charge < -0.3 is 9.47 Å². The first-order valence-corrected chi connectivity index (χ1v) is 6.44. The molecule has 0 fully saturated rings. The summed E-state index contributed by atoms with van der Waals surface area (Å²) in [6.07, 6.45) is 1.14. The number of nitrogens with one attached hydrogen (secondary N) is 1. The molecule has 0 bridgehead atoms. The Labute approximate surface area is 114 Å². The van der Waals surface area contributed by atoms with Gasteiger partial charge in [0, 0.05) is 20.5 Å². The summed E-state index contributed by atoms with van der Waals surface area (Å²) in [5.41, 5.74) is 2.69. The number of carbonyl (C=O) groups is 1. The summed E-state index contributed by atoms with van der Waals surface area (Å²) in [5.74, 6) is 1.62. The van der Waals surface area contributed by atoms with Crippen LogP contribution in [0.3, 0.4) is 0 Å². The molecule has 0 aliphatic rings. The van der Waals surface area contributed by atoms with Crippen LogP contribution < -0.4 is 14.9 Å². The highest BCUT2D eigenvalue weighted by Crippen LogP contribution is 2.17. The van der Waals surface area contributed by atoms with E-state index in [0.29, 0.717) is 26.1 Å². The third kappa shape index (κ3) is 6.67. The fourth-order valence-electron chi connectivity index (χ4n) is 1.53. The van der Waals surface area contributed by atoms with E-state index in [1.165, 1.54) is 0 Å². The Balaban J connectivity index is 2.20. The summed E-state index contributed by atoms with van der Waals surface area (Å²) in [5, 5.41) is 1.63. The van der Waals surface area contributed by atoms with Crippen LogP contribution in [-0.2, 0) is 4.79 Å². The molecule has 1 rings (SSSR count). The minimum Gasteiger partial charge on any atom is -0.494 e. The zero-order valence-electron chi connectivity index (χ0n) is 11.8. The Bertz CT molecular complexity index is 377. The van der Waals surface area contributed by atoms with Crippen LogP contribution in [0.2, 0.25) is 0 Å². The first-order valence-electron chi connectivity index (χ1n) is 6.44. The molecule has 0 saturated carbocycles. The molecule has 0 atom stereocenters. The smallest absolute Gasteiger partial charge is 0.234 e. The lowest BCUT2D eigenvalue weighted by Gasteiger charge is -2.11. The van der Waals surface area contributed by atoms with Crippen LogP contribution in [0.5, 0.6) is 11.5 Å². The van der Waals surface area contributed by atoms with Crippen molar-refractivity contribution in [2.75, 3.05) is 27.3 Å². The van der Waals surface area contributed by atoms with Gasteiger partial charge in [0.15, 0.2) is 0 Å². The summed E-state index contributed by atoms with van der Waals surface area (Å²) in [6.45, 7) is 3.12. The number of hydrazine groups is 1. The van der Waals surface area contributed by atoms with Crippen molar-refractivity contribution in [2.24, 2.45) is 0 Å². The normalized spacial score (nSPS) is 10.3. The first kappa shape index (κ1) is 15.3. The lowest BCUT2D eigenvalue weighted by Crippen LogP contribution is -2.36. The molecule has 0 unspecified atom stereocenters. The van der Waals surface area contributed by atoms with Crippen molar-refractivity contribution in [3.05, 3.63) is 24.3 Å². The van der Waals surface area contributed by atoms with Gasteiger partial charge in [-0.25, -0.2) is 5.01 Å². The topological polar surface area (TPSA) is 50.8 Å². The van der Waals surface area contributed by atoms with Crippen molar-refractivity contribution in [3.63, 3.8) is 0 Å². The fourth-order valence-corrected chi connectivity index (χ4v) is 1.53. The minimum atomic E-state index is 0.000272. The van der Waals surface area contributed by atoms with Crippen LogP contribution in [0.25, 0.3) is 0 Å². The van der Waals surface area contributed by atoms with E-state index in [1.54, 1.807) is 19.1 Å². The second-order valence-corrected chi connectivity index (χ2v) is 4.29. The maximum atomic E-state index is 11.4. The maximum absolute atomic E-state index is 11.4. The third-order valence-electron chi connectivity index (χ3n) is 2.30. The predicted molar refractivity (Wildman–Crippen MR) is 74.2 cm³/mol. The Kier molecular flexibility index (Phi) is 6.74. The Morgan fingerprint density at radius 3 is 2.26 bits per heavy atom. The van der Waals surface area contributed by atoms with Gasteiger partial charge in [-0.3, -0.25) is 10.2 Å². The first-order chi connectivity index (χ1) is 9.11. The van der Waals surface area contributed by atoms with E-state index >= 15 is 0 Å². The number of carbonyl (C=O) groups excluding carboxylic acids is 1. The van der Waals surface area contributed by atoms with E-state index < -0.39 is 0 Å². The molecule has 1 N–H and O–H groups in total. The molecule has 1 aromatic rings. The van der Waals surface area contributed by atoms with Crippen molar-refractivity contribution >= 4 is 5.91 Å². The van der Waals surface area contributed by atoms with Crippen molar-refractivity contribution < 1.29 is 14.3 Å². The standard InChI is InChI=1S/C14H22N2O3/c1-4-18-12-7-9-13(10-8-12)19-11-5-6-14(17)15-16(2)3/h7-10H,4-6,11H2,1-3H3,(H,15,17). The Morgan fingerprint density at radius 1 is 1.16 bits per heavy atom. The minimum absolute atomic E-state index is 0.000272. The molecule has 5 heteroatoms. The lowest BCUT2D eigenvalue weighted by atomic mass is 10.3. The lowest BCUT2D eigenvalue weighted by molar-refractivity contribution is -0.125. The highest BCUT2D eigenvalue weighted by Gasteiger charge is 2.02. The molecule has 0 radical (unpaired) electrons. The predicted octanol–water partition coefficient (Wildman–Crippen LogP) is 1.84. The quantitative estimate of drug-likeness (QED) is 0.576. The van der Waals surface area contributed by atoms with E-state index in [9.17, 15) is 4.79 Å². The number of nitrogens with zero attached hydrogens (tertiary/aromatic N) is 1. The summed E-state index contributed by atoms with van der Waals surface area (Å²) >= 11 is 0. The average Bonchev–Trinajstić information content (AvgIpc) is 2.36. The zero-order valence-corrected chi connectivity index (χ0v) is 11.8. The van der Waals surface area contributed by atoms with Crippen LogP contribution in [0.4, 0.5) is 0 Å². The van der Waals surface area contributed by atoms with Gasteiger partial charge in [0.25, 0.3) is 0 Å². The highest BCUT2D eigenvalue weighted by molar-refractivity contribution is 5.75. The molecule has 106 valence electrons. The summed E-state index contributed by atoms with van der Waals surface area (Å²) in [6, 6.07) is 7.48. The van der Waals surface area contributed by atoms with Gasteiger partial charge in [-0.1, -0.05) is 0 Å². The maximum Gasteiger partial charge on any atom is 0.234 e. The summed E-state index contributed by atoms with van der Waals surface area (Å²) in [7, 11) is 3.57. The Hall–Kier alpha value is -1.75. The number of hydrogen-bond donors (Lipinski definition) is 1. The van der Waals surface area contributed by atoms with Crippen LogP contribution in [0, 0.1) is 0 Å². The molecule has 0 aliphatic heterocycles. The average molecular weight is 266 g/mol. The van der Waals surface area contributed by atoms with E-state index in [-0.39, 0.29) is 5.91 Å². The molecule has 0 spiro atoms. The van der Waals surface area contributed by atoms with E-state index in [2.05, 4.69) is 5.43 Å². The number of amides is 1. The molecule has 5 nitrogen and oxygen atoms in total. The second-order valence-electron chi connectivity index (χ2n) is 4.29. The van der Waals surface area contributed by atoms with Crippen molar-refractivity contribution in [3.8, 4) is 11.5 Å². The van der Waals surface area contributed by atoms with Gasteiger partial charge in [0.05, 0.1) is 13.2 Å². The van der Waals surface area contributed by atoms with Gasteiger partial charge in [-0.2, -0.15) is 0 Å². The highest BCUT2D eigenvalue weighted by atomic mass is 16.5. The van der Waals surface area contributed by atoms with Crippen molar-refractivity contribution in [1.29, 1.82) is 0 Å². The van der Waals surface area contributed by atoms with E-state index in [4.69, 9.17) is 9.47 Å². The molecule has 0 aliphatic carbocycles. The number of hydrogen-bond acceptors (Lipinski definition) is 4. The number of benzene rings is 1. The molecule has 1 amide bonds. The monoisotopic (exact) mass is 266 g/mol. The summed E-state index contributed by atoms with van der Waals surface area (Å²) < 4.78 is 10.9. The van der Waals surface area contributed by atoms with Crippen LogP contribution >= 0.6 is 0 Å². The number of ether oxygens (including phenoxy) is 2. The largest absolute Gasteiger partial charge is 0.494 e. The molecule has 1 aromatic carbocycles. The summed E-state index contributed by atoms with van der Waals surface area (Å²) in [4.78, 5) is 11.4.